The molecule has 246 valence electrons. The predicted molar refractivity (Wildman–Crippen MR) is 171 cm³/mol. The van der Waals surface area contributed by atoms with Crippen LogP contribution in [0.15, 0.2) is 36.9 Å². The Balaban J connectivity index is 1.28. The van der Waals surface area contributed by atoms with E-state index in [9.17, 15) is 18.5 Å². The average molecular weight is 664 g/mol. The van der Waals surface area contributed by atoms with Gasteiger partial charge in [-0.25, -0.2) is 23.0 Å². The Labute approximate surface area is 270 Å². The van der Waals surface area contributed by atoms with Crippen LogP contribution in [0, 0.1) is 21.4 Å². The highest BCUT2D eigenvalue weighted by atomic mass is 32.2. The SMILES string of the molecule is Cn1c(CN(c2cnc3cc(N4CCOCC4)nc(OC4CCC(Nc5cnc(C#N)cn5)CC4)c3c2)S(C)(=O)=O)cnc1[N+](=O)[O-]. The van der Waals surface area contributed by atoms with Gasteiger partial charge in [-0.05, 0) is 36.7 Å². The fourth-order valence-electron chi connectivity index (χ4n) is 5.70. The topological polar surface area (TPSA) is 207 Å². The molecular weight excluding hydrogens is 630 g/mol. The molecule has 0 atom stereocenters. The number of nitrogens with one attached hydrogen (secondary N) is 1. The van der Waals surface area contributed by atoms with E-state index in [2.05, 4.69) is 30.2 Å². The summed E-state index contributed by atoms with van der Waals surface area (Å²) in [6.45, 7) is 2.25. The molecule has 6 rings (SSSR count). The van der Waals surface area contributed by atoms with Crippen molar-refractivity contribution in [1.82, 2.24) is 29.5 Å². The minimum absolute atomic E-state index is 0.152. The standard InChI is InChI=1S/C29H33N11O6S/c1-37-22(16-34-29(37)40(41)42)18-39(47(2,43)44)21-11-24-25(32-15-21)12-27(38-7-9-45-10-8-38)36-28(24)46-23-5-3-19(4-6-23)35-26-17-31-20(13-30)14-33-26/h11-12,14-17,19,23H,3-10,18H2,1-2H3,(H,33,35). The van der Waals surface area contributed by atoms with Crippen LogP contribution in [0.25, 0.3) is 10.9 Å². The molecule has 1 saturated heterocycles. The molecule has 0 unspecified atom stereocenters. The number of anilines is 3. The molecular formula is C29H33N11O6S. The van der Waals surface area contributed by atoms with Crippen molar-refractivity contribution in [1.29, 1.82) is 5.26 Å². The lowest BCUT2D eigenvalue weighted by atomic mass is 9.93. The van der Waals surface area contributed by atoms with Gasteiger partial charge in [-0.15, -0.1) is 0 Å². The molecule has 17 nitrogen and oxygen atoms in total. The third-order valence-electron chi connectivity index (χ3n) is 8.24. The van der Waals surface area contributed by atoms with E-state index in [1.54, 1.807) is 12.3 Å². The van der Waals surface area contributed by atoms with Gasteiger partial charge in [-0.3, -0.25) is 9.29 Å². The Hall–Kier alpha value is -5.15. The van der Waals surface area contributed by atoms with Gasteiger partial charge >= 0.3 is 5.95 Å². The minimum Gasteiger partial charge on any atom is -0.474 e. The highest BCUT2D eigenvalue weighted by Gasteiger charge is 2.28. The molecule has 1 N–H and O–H groups in total. The molecule has 1 saturated carbocycles. The summed E-state index contributed by atoms with van der Waals surface area (Å²) in [5.41, 5.74) is 1.42. The molecule has 4 aromatic heterocycles. The second-order valence-electron chi connectivity index (χ2n) is 11.4. The molecule has 47 heavy (non-hydrogen) atoms. The number of nitrogens with zero attached hydrogens (tertiary/aromatic N) is 10. The zero-order valence-corrected chi connectivity index (χ0v) is 26.6. The van der Waals surface area contributed by atoms with Crippen LogP contribution < -0.4 is 19.3 Å². The zero-order chi connectivity index (χ0) is 33.1. The van der Waals surface area contributed by atoms with Crippen molar-refractivity contribution in [3.8, 4) is 11.9 Å². The maximum absolute atomic E-state index is 13.0. The Morgan fingerprint density at radius 1 is 1.11 bits per heavy atom. The molecule has 5 heterocycles. The number of nitriles is 1. The number of hydrogen-bond acceptors (Lipinski definition) is 14. The fraction of sp³-hybridized carbons (Fsp3) is 0.448. The molecule has 2 aliphatic rings. The number of rotatable bonds is 10. The van der Waals surface area contributed by atoms with E-state index in [1.807, 2.05) is 12.1 Å². The summed E-state index contributed by atoms with van der Waals surface area (Å²) in [5, 5.41) is 24.2. The molecule has 4 aromatic rings. The van der Waals surface area contributed by atoms with Crippen LogP contribution >= 0.6 is 0 Å². The van der Waals surface area contributed by atoms with Gasteiger partial charge in [0.2, 0.25) is 15.9 Å². The zero-order valence-electron chi connectivity index (χ0n) is 25.8. The van der Waals surface area contributed by atoms with E-state index in [0.717, 1.165) is 36.2 Å². The summed E-state index contributed by atoms with van der Waals surface area (Å²) in [4.78, 5) is 34.5. The van der Waals surface area contributed by atoms with Crippen molar-refractivity contribution >= 4 is 44.2 Å². The van der Waals surface area contributed by atoms with Gasteiger partial charge < -0.3 is 29.8 Å². The first-order chi connectivity index (χ1) is 22.6. The van der Waals surface area contributed by atoms with Crippen molar-refractivity contribution in [3.63, 3.8) is 0 Å². The van der Waals surface area contributed by atoms with Crippen molar-refractivity contribution in [2.75, 3.05) is 47.1 Å². The molecule has 1 aliphatic heterocycles. The third kappa shape index (κ3) is 7.15. The molecule has 0 spiro atoms. The van der Waals surface area contributed by atoms with Gasteiger partial charge in [0.25, 0.3) is 0 Å². The molecule has 0 bridgehead atoms. The van der Waals surface area contributed by atoms with E-state index in [-0.39, 0.29) is 30.1 Å². The third-order valence-corrected chi connectivity index (χ3v) is 9.38. The van der Waals surface area contributed by atoms with Gasteiger partial charge in [0.15, 0.2) is 5.69 Å². The summed E-state index contributed by atoms with van der Waals surface area (Å²) >= 11 is 0. The smallest absolute Gasteiger partial charge is 0.434 e. The summed E-state index contributed by atoms with van der Waals surface area (Å²) < 4.78 is 40.5. The van der Waals surface area contributed by atoms with Crippen molar-refractivity contribution in [3.05, 3.63) is 58.4 Å². The maximum atomic E-state index is 13.0. The number of aromatic nitrogens is 6. The van der Waals surface area contributed by atoms with Crippen LogP contribution in [0.1, 0.15) is 37.1 Å². The van der Waals surface area contributed by atoms with Gasteiger partial charge in [-0.1, -0.05) is 4.98 Å². The first-order valence-electron chi connectivity index (χ1n) is 15.0. The van der Waals surface area contributed by atoms with Gasteiger partial charge in [0, 0.05) is 25.2 Å². The number of sulfonamides is 1. The number of morpholine rings is 1. The van der Waals surface area contributed by atoms with Gasteiger partial charge in [-0.2, -0.15) is 10.2 Å². The molecule has 0 aromatic carbocycles. The lowest BCUT2D eigenvalue weighted by molar-refractivity contribution is -0.396. The number of hydrogen-bond donors (Lipinski definition) is 1. The van der Waals surface area contributed by atoms with E-state index in [4.69, 9.17) is 19.7 Å². The van der Waals surface area contributed by atoms with Crippen molar-refractivity contribution in [2.45, 2.75) is 44.4 Å². The van der Waals surface area contributed by atoms with Crippen LogP contribution in [0.3, 0.4) is 0 Å². The van der Waals surface area contributed by atoms with Crippen LogP contribution in [-0.4, -0.2) is 87.5 Å². The van der Waals surface area contributed by atoms with Crippen LogP contribution in [0.4, 0.5) is 23.3 Å². The van der Waals surface area contributed by atoms with E-state index in [1.165, 1.54) is 30.2 Å². The average Bonchev–Trinajstić information content (AvgIpc) is 3.44. The number of imidazole rings is 1. The van der Waals surface area contributed by atoms with Crippen LogP contribution in [0.2, 0.25) is 0 Å². The number of fused-ring (bicyclic) bond motifs is 1. The summed E-state index contributed by atoms with van der Waals surface area (Å²) in [6.07, 6.45) is 9.71. The number of ether oxygens (including phenoxy) is 2. The lowest BCUT2D eigenvalue weighted by Crippen LogP contribution is -2.37. The Kier molecular flexibility index (Phi) is 9.00. The quantitative estimate of drug-likeness (QED) is 0.191. The van der Waals surface area contributed by atoms with E-state index >= 15 is 0 Å². The highest BCUT2D eigenvalue weighted by molar-refractivity contribution is 7.92. The van der Waals surface area contributed by atoms with E-state index in [0.29, 0.717) is 60.4 Å². The first-order valence-corrected chi connectivity index (χ1v) is 16.9. The highest BCUT2D eigenvalue weighted by Crippen LogP contribution is 2.34. The number of nitro groups is 1. The monoisotopic (exact) mass is 663 g/mol. The van der Waals surface area contributed by atoms with Gasteiger partial charge in [0.05, 0.1) is 68.2 Å². The second kappa shape index (κ2) is 13.3. The second-order valence-corrected chi connectivity index (χ2v) is 13.3. The summed E-state index contributed by atoms with van der Waals surface area (Å²) in [6, 6.07) is 5.65. The number of pyridine rings is 2. The predicted octanol–water partition coefficient (Wildman–Crippen LogP) is 2.54. The molecule has 2 fully saturated rings. The Morgan fingerprint density at radius 3 is 2.51 bits per heavy atom. The summed E-state index contributed by atoms with van der Waals surface area (Å²) in [5.74, 6) is 1.25. The van der Waals surface area contributed by atoms with Crippen LogP contribution in [-0.2, 0) is 28.4 Å². The van der Waals surface area contributed by atoms with Crippen LogP contribution in [0.5, 0.6) is 5.88 Å². The van der Waals surface area contributed by atoms with Crippen molar-refractivity contribution < 1.29 is 22.8 Å². The molecule has 18 heteroatoms. The normalized spacial score (nSPS) is 18.4. The summed E-state index contributed by atoms with van der Waals surface area (Å²) in [7, 11) is -2.38. The Bertz CT molecular complexity index is 1920. The largest absolute Gasteiger partial charge is 0.474 e. The van der Waals surface area contributed by atoms with E-state index < -0.39 is 20.9 Å². The maximum Gasteiger partial charge on any atom is 0.434 e. The minimum atomic E-state index is -3.85. The molecule has 0 amide bonds. The fourth-order valence-corrected chi connectivity index (χ4v) is 6.55. The molecule has 0 radical (unpaired) electrons. The molecule has 1 aliphatic carbocycles. The Morgan fingerprint density at radius 2 is 1.87 bits per heavy atom. The lowest BCUT2D eigenvalue weighted by Gasteiger charge is -2.31. The first kappa shape index (κ1) is 31.8. The van der Waals surface area contributed by atoms with Crippen molar-refractivity contribution in [2.24, 2.45) is 7.05 Å². The van der Waals surface area contributed by atoms with Gasteiger partial charge in [0.1, 0.15) is 35.7 Å².